The Bertz CT molecular complexity index is 860. The zero-order valence-corrected chi connectivity index (χ0v) is 14.9. The van der Waals surface area contributed by atoms with Gasteiger partial charge in [0.1, 0.15) is 17.0 Å². The predicted octanol–water partition coefficient (Wildman–Crippen LogP) is 3.53. The van der Waals surface area contributed by atoms with Crippen LogP contribution in [0.1, 0.15) is 18.4 Å². The lowest BCUT2D eigenvalue weighted by Crippen LogP contribution is -2.30. The molecule has 1 aromatic carbocycles. The highest BCUT2D eigenvalue weighted by Gasteiger charge is 2.12. The summed E-state index contributed by atoms with van der Waals surface area (Å²) in [7, 11) is 0. The van der Waals surface area contributed by atoms with Gasteiger partial charge < -0.3 is 16.4 Å². The molecule has 3 rings (SSSR count). The smallest absolute Gasteiger partial charge is 0.312 e. The van der Waals surface area contributed by atoms with Gasteiger partial charge in [0.15, 0.2) is 0 Å². The molecule has 2 amide bonds. The average molecular weight is 355 g/mol. The molecule has 0 spiro atoms. The minimum Gasteiger partial charge on any atom is -0.369 e. The largest absolute Gasteiger partial charge is 0.369 e. The summed E-state index contributed by atoms with van der Waals surface area (Å²) >= 11 is 1.63. The van der Waals surface area contributed by atoms with Crippen molar-refractivity contribution in [2.75, 3.05) is 18.4 Å². The maximum Gasteiger partial charge on any atom is 0.312 e. The molecule has 0 unspecified atom stereocenters. The van der Waals surface area contributed by atoms with Crippen molar-refractivity contribution in [1.29, 1.82) is 0 Å². The van der Waals surface area contributed by atoms with Crippen molar-refractivity contribution in [1.82, 2.24) is 15.3 Å². The Morgan fingerprint density at radius 2 is 1.92 bits per heavy atom. The van der Waals surface area contributed by atoms with Gasteiger partial charge in [-0.25, -0.2) is 14.8 Å². The van der Waals surface area contributed by atoms with Gasteiger partial charge in [-0.15, -0.1) is 11.3 Å². The number of nitrogens with one attached hydrogen (secondary N) is 2. The van der Waals surface area contributed by atoms with Crippen molar-refractivity contribution in [3.63, 3.8) is 0 Å². The molecule has 0 saturated heterocycles. The van der Waals surface area contributed by atoms with E-state index in [0.717, 1.165) is 41.0 Å². The number of rotatable bonds is 7. The standard InChI is InChI=1S/C18H21N5OS/c1-12-4-6-13(7-5-12)14-10-25-17-15(14)16(22-11-23-17)20-8-2-3-9-21-18(19)24/h4-7,10-11H,2-3,8-9H2,1H3,(H3,19,21,24)(H,20,22,23). The summed E-state index contributed by atoms with van der Waals surface area (Å²) in [6.45, 7) is 3.44. The first-order valence-electron chi connectivity index (χ1n) is 8.21. The summed E-state index contributed by atoms with van der Waals surface area (Å²) in [5.74, 6) is 0.852. The molecular weight excluding hydrogens is 334 g/mol. The van der Waals surface area contributed by atoms with Gasteiger partial charge in [0.25, 0.3) is 0 Å². The van der Waals surface area contributed by atoms with E-state index < -0.39 is 6.03 Å². The van der Waals surface area contributed by atoms with E-state index in [2.05, 4.69) is 57.2 Å². The Morgan fingerprint density at radius 3 is 2.68 bits per heavy atom. The summed E-state index contributed by atoms with van der Waals surface area (Å²) in [4.78, 5) is 20.4. The van der Waals surface area contributed by atoms with Gasteiger partial charge in [0.05, 0.1) is 5.39 Å². The molecule has 2 heterocycles. The Balaban J connectivity index is 1.73. The molecule has 0 aliphatic carbocycles. The van der Waals surface area contributed by atoms with Crippen LogP contribution in [0.4, 0.5) is 10.6 Å². The van der Waals surface area contributed by atoms with Crippen LogP contribution in [0.5, 0.6) is 0 Å². The number of aromatic nitrogens is 2. The molecule has 6 nitrogen and oxygen atoms in total. The third-order valence-corrected chi connectivity index (χ3v) is 4.81. The van der Waals surface area contributed by atoms with E-state index in [1.807, 2.05) is 0 Å². The van der Waals surface area contributed by atoms with Crippen LogP contribution in [0.3, 0.4) is 0 Å². The van der Waals surface area contributed by atoms with Crippen molar-refractivity contribution < 1.29 is 4.79 Å². The number of carbonyl (C=O) groups is 1. The van der Waals surface area contributed by atoms with Gasteiger partial charge in [0, 0.05) is 24.0 Å². The van der Waals surface area contributed by atoms with Gasteiger partial charge in [-0.1, -0.05) is 29.8 Å². The van der Waals surface area contributed by atoms with Crippen LogP contribution in [-0.4, -0.2) is 29.1 Å². The highest BCUT2D eigenvalue weighted by atomic mass is 32.1. The Kier molecular flexibility index (Phi) is 5.45. The summed E-state index contributed by atoms with van der Waals surface area (Å²) in [6, 6.07) is 8.00. The number of unbranched alkanes of at least 4 members (excludes halogenated alkanes) is 1. The highest BCUT2D eigenvalue weighted by molar-refractivity contribution is 7.17. The van der Waals surface area contributed by atoms with Crippen molar-refractivity contribution >= 4 is 33.4 Å². The van der Waals surface area contributed by atoms with Crippen LogP contribution in [0, 0.1) is 6.92 Å². The summed E-state index contributed by atoms with van der Waals surface area (Å²) in [5, 5.41) is 9.18. The first kappa shape index (κ1) is 17.2. The van der Waals surface area contributed by atoms with Crippen LogP contribution in [0.2, 0.25) is 0 Å². The SMILES string of the molecule is Cc1ccc(-c2csc3ncnc(NCCCCNC(N)=O)c23)cc1. The van der Waals surface area contributed by atoms with E-state index in [4.69, 9.17) is 5.73 Å². The Labute approximate surface area is 150 Å². The van der Waals surface area contributed by atoms with Gasteiger partial charge >= 0.3 is 6.03 Å². The number of hydrogen-bond donors (Lipinski definition) is 3. The van der Waals surface area contributed by atoms with Gasteiger partial charge in [-0.05, 0) is 25.3 Å². The summed E-state index contributed by atoms with van der Waals surface area (Å²) < 4.78 is 0. The topological polar surface area (TPSA) is 92.9 Å². The number of benzene rings is 1. The molecule has 2 aromatic heterocycles. The molecule has 0 atom stereocenters. The van der Waals surface area contributed by atoms with Gasteiger partial charge in [-0.2, -0.15) is 0 Å². The third kappa shape index (κ3) is 4.24. The third-order valence-electron chi connectivity index (χ3n) is 3.93. The van der Waals surface area contributed by atoms with E-state index in [0.29, 0.717) is 6.54 Å². The second-order valence-electron chi connectivity index (χ2n) is 5.84. The molecule has 4 N–H and O–H groups in total. The summed E-state index contributed by atoms with van der Waals surface area (Å²) in [5.41, 5.74) is 8.61. The van der Waals surface area contributed by atoms with E-state index in [1.165, 1.54) is 11.1 Å². The van der Waals surface area contributed by atoms with E-state index in [9.17, 15) is 4.79 Å². The highest BCUT2D eigenvalue weighted by Crippen LogP contribution is 2.36. The molecule has 0 radical (unpaired) electrons. The van der Waals surface area contributed by atoms with E-state index in [-0.39, 0.29) is 0 Å². The van der Waals surface area contributed by atoms with E-state index >= 15 is 0 Å². The summed E-state index contributed by atoms with van der Waals surface area (Å²) in [6.07, 6.45) is 3.36. The number of nitrogens with two attached hydrogens (primary N) is 1. The fraction of sp³-hybridized carbons (Fsp3) is 0.278. The van der Waals surface area contributed by atoms with Gasteiger partial charge in [-0.3, -0.25) is 0 Å². The number of fused-ring (bicyclic) bond motifs is 1. The fourth-order valence-corrected chi connectivity index (χ4v) is 3.54. The first-order valence-corrected chi connectivity index (χ1v) is 9.09. The van der Waals surface area contributed by atoms with Crippen molar-refractivity contribution in [3.8, 4) is 11.1 Å². The van der Waals surface area contributed by atoms with Crippen LogP contribution in [0.25, 0.3) is 21.3 Å². The lowest BCUT2D eigenvalue weighted by Gasteiger charge is -2.09. The maximum absolute atomic E-state index is 10.6. The molecule has 130 valence electrons. The lowest BCUT2D eigenvalue weighted by molar-refractivity contribution is 0.249. The number of amides is 2. The molecule has 7 heteroatoms. The molecule has 3 aromatic rings. The number of carbonyl (C=O) groups excluding carboxylic acids is 1. The fourth-order valence-electron chi connectivity index (χ4n) is 2.62. The Morgan fingerprint density at radius 1 is 1.16 bits per heavy atom. The molecular formula is C18H21N5OS. The molecule has 0 aliphatic rings. The van der Waals surface area contributed by atoms with Gasteiger partial charge in [0.2, 0.25) is 0 Å². The molecule has 0 bridgehead atoms. The first-order chi connectivity index (χ1) is 12.1. The monoisotopic (exact) mass is 355 g/mol. The molecule has 0 aliphatic heterocycles. The number of urea groups is 1. The normalized spacial score (nSPS) is 10.8. The average Bonchev–Trinajstić information content (AvgIpc) is 3.03. The zero-order valence-electron chi connectivity index (χ0n) is 14.1. The molecule has 25 heavy (non-hydrogen) atoms. The van der Waals surface area contributed by atoms with Crippen molar-refractivity contribution in [2.45, 2.75) is 19.8 Å². The second-order valence-corrected chi connectivity index (χ2v) is 6.70. The number of anilines is 1. The van der Waals surface area contributed by atoms with Crippen LogP contribution in [-0.2, 0) is 0 Å². The van der Waals surface area contributed by atoms with E-state index in [1.54, 1.807) is 17.7 Å². The molecule has 0 fully saturated rings. The minimum absolute atomic E-state index is 0.480. The van der Waals surface area contributed by atoms with Crippen molar-refractivity contribution in [3.05, 3.63) is 41.5 Å². The number of primary amides is 1. The Hall–Kier alpha value is -2.67. The lowest BCUT2D eigenvalue weighted by atomic mass is 10.0. The predicted molar refractivity (Wildman–Crippen MR) is 103 cm³/mol. The second kappa shape index (κ2) is 7.94. The number of nitrogens with zero attached hydrogens (tertiary/aromatic N) is 2. The number of hydrogen-bond acceptors (Lipinski definition) is 5. The van der Waals surface area contributed by atoms with Crippen LogP contribution < -0.4 is 16.4 Å². The van der Waals surface area contributed by atoms with Crippen LogP contribution >= 0.6 is 11.3 Å². The van der Waals surface area contributed by atoms with Crippen molar-refractivity contribution in [2.24, 2.45) is 5.73 Å². The number of thiophene rings is 1. The maximum atomic E-state index is 10.6. The molecule has 0 saturated carbocycles. The quantitative estimate of drug-likeness (QED) is 0.565. The number of aryl methyl sites for hydroxylation is 1. The van der Waals surface area contributed by atoms with Crippen LogP contribution in [0.15, 0.2) is 36.0 Å². The minimum atomic E-state index is -0.480. The zero-order chi connectivity index (χ0) is 17.6.